The number of ether oxygens (including phenoxy) is 1. The number of aromatic nitrogens is 2. The number of anilines is 1. The van der Waals surface area contributed by atoms with Crippen molar-refractivity contribution in [3.05, 3.63) is 22.1 Å². The smallest absolute Gasteiger partial charge is 0.423 e. The van der Waals surface area contributed by atoms with E-state index in [0.717, 1.165) is 12.2 Å². The third-order valence-electron chi connectivity index (χ3n) is 4.61. The first-order valence-electron chi connectivity index (χ1n) is 9.13. The summed E-state index contributed by atoms with van der Waals surface area (Å²) in [5.41, 5.74) is -2.97. The van der Waals surface area contributed by atoms with E-state index < -0.39 is 37.4 Å². The molecule has 1 N–H and O–H groups in total. The highest BCUT2D eigenvalue weighted by atomic mass is 28.3. The average Bonchev–Trinajstić information content (AvgIpc) is 2.97. The van der Waals surface area contributed by atoms with Gasteiger partial charge < -0.3 is 14.7 Å². The van der Waals surface area contributed by atoms with Gasteiger partial charge in [0, 0.05) is 27.3 Å². The molecule has 0 saturated carbocycles. The van der Waals surface area contributed by atoms with Crippen molar-refractivity contribution >= 4 is 19.7 Å². The Morgan fingerprint density at radius 2 is 2.07 bits per heavy atom. The van der Waals surface area contributed by atoms with Crippen LogP contribution in [0, 0.1) is 0 Å². The molecule has 0 aromatic carbocycles. The highest BCUT2D eigenvalue weighted by Gasteiger charge is 2.41. The first-order chi connectivity index (χ1) is 12.9. The molecule has 1 aliphatic rings. The Labute approximate surface area is 162 Å². The maximum Gasteiger partial charge on any atom is 0.423 e. The molecule has 1 fully saturated rings. The lowest BCUT2D eigenvalue weighted by Gasteiger charge is -2.28. The predicted molar refractivity (Wildman–Crippen MR) is 100 cm³/mol. The Hall–Kier alpha value is -1.88. The molecular formula is C17H26F3N3O4Si. The normalized spacial score (nSPS) is 17.9. The van der Waals surface area contributed by atoms with Crippen LogP contribution in [0.1, 0.15) is 24.8 Å². The van der Waals surface area contributed by atoms with Gasteiger partial charge >= 0.3 is 12.1 Å². The number of hydrogen-bond acceptors (Lipinski definition) is 5. The highest BCUT2D eigenvalue weighted by molar-refractivity contribution is 6.76. The van der Waals surface area contributed by atoms with E-state index in [4.69, 9.17) is 9.84 Å². The molecule has 0 spiro atoms. The van der Waals surface area contributed by atoms with Crippen molar-refractivity contribution < 1.29 is 27.8 Å². The maximum atomic E-state index is 13.7. The van der Waals surface area contributed by atoms with Crippen molar-refractivity contribution in [2.24, 2.45) is 0 Å². The number of hydrogen-bond donors (Lipinski definition) is 1. The molecule has 0 radical (unpaired) electrons. The van der Waals surface area contributed by atoms with Crippen LogP contribution in [0.15, 0.2) is 11.0 Å². The van der Waals surface area contributed by atoms with Crippen LogP contribution >= 0.6 is 0 Å². The first kappa shape index (κ1) is 22.4. The van der Waals surface area contributed by atoms with Crippen LogP contribution in [0.2, 0.25) is 25.7 Å². The minimum atomic E-state index is -4.88. The number of halogens is 3. The minimum absolute atomic E-state index is 0.249. The quantitative estimate of drug-likeness (QED) is 0.513. The highest BCUT2D eigenvalue weighted by Crippen LogP contribution is 2.37. The zero-order valence-corrected chi connectivity index (χ0v) is 17.3. The zero-order chi connectivity index (χ0) is 21.1. The molecule has 1 atom stereocenters. The number of rotatable bonds is 8. The molecule has 0 unspecified atom stereocenters. The van der Waals surface area contributed by atoms with Gasteiger partial charge in [-0.3, -0.25) is 9.59 Å². The van der Waals surface area contributed by atoms with E-state index in [9.17, 15) is 22.8 Å². The topological polar surface area (TPSA) is 84.7 Å². The Morgan fingerprint density at radius 3 is 2.64 bits per heavy atom. The lowest BCUT2D eigenvalue weighted by molar-refractivity contribution is -0.139. The Balaban J connectivity index is 2.29. The first-order valence-corrected chi connectivity index (χ1v) is 12.8. The molecule has 158 valence electrons. The maximum absolute atomic E-state index is 13.7. The molecule has 1 aromatic rings. The van der Waals surface area contributed by atoms with Crippen LogP contribution in [0.5, 0.6) is 0 Å². The van der Waals surface area contributed by atoms with Gasteiger partial charge in [-0.05, 0) is 18.9 Å². The second-order valence-electron chi connectivity index (χ2n) is 8.14. The third kappa shape index (κ3) is 5.81. The van der Waals surface area contributed by atoms with Crippen molar-refractivity contribution in [3.63, 3.8) is 0 Å². The van der Waals surface area contributed by atoms with Crippen molar-refractivity contribution in [2.45, 2.75) is 63.9 Å². The number of alkyl halides is 3. The van der Waals surface area contributed by atoms with Crippen LogP contribution in [0.25, 0.3) is 0 Å². The van der Waals surface area contributed by atoms with Gasteiger partial charge in [-0.1, -0.05) is 19.6 Å². The minimum Gasteiger partial charge on any atom is -0.481 e. The summed E-state index contributed by atoms with van der Waals surface area (Å²) in [4.78, 5) is 24.8. The molecule has 11 heteroatoms. The summed E-state index contributed by atoms with van der Waals surface area (Å²) >= 11 is 0. The summed E-state index contributed by atoms with van der Waals surface area (Å²) < 4.78 is 47.0. The van der Waals surface area contributed by atoms with Crippen LogP contribution in [0.4, 0.5) is 18.9 Å². The van der Waals surface area contributed by atoms with Gasteiger partial charge in [0.1, 0.15) is 12.3 Å². The van der Waals surface area contributed by atoms with Gasteiger partial charge in [-0.25, -0.2) is 4.68 Å². The average molecular weight is 421 g/mol. The lowest BCUT2D eigenvalue weighted by Crippen LogP contribution is -2.38. The van der Waals surface area contributed by atoms with Crippen LogP contribution in [0.3, 0.4) is 0 Å². The van der Waals surface area contributed by atoms with E-state index in [2.05, 4.69) is 24.7 Å². The molecule has 28 heavy (non-hydrogen) atoms. The second-order valence-corrected chi connectivity index (χ2v) is 13.8. The fraction of sp³-hybridized carbons (Fsp3) is 0.706. The molecule has 1 aromatic heterocycles. The molecule has 1 aliphatic heterocycles. The van der Waals surface area contributed by atoms with Crippen LogP contribution in [-0.4, -0.2) is 48.1 Å². The van der Waals surface area contributed by atoms with Gasteiger partial charge in [0.05, 0.1) is 18.3 Å². The van der Waals surface area contributed by atoms with Crippen LogP contribution < -0.4 is 10.5 Å². The van der Waals surface area contributed by atoms with Gasteiger partial charge in [0.2, 0.25) is 0 Å². The van der Waals surface area contributed by atoms with Gasteiger partial charge in [-0.2, -0.15) is 18.3 Å². The Kier molecular flexibility index (Phi) is 6.91. The molecule has 0 amide bonds. The van der Waals surface area contributed by atoms with Crippen molar-refractivity contribution in [1.82, 2.24) is 9.78 Å². The largest absolute Gasteiger partial charge is 0.481 e. The monoisotopic (exact) mass is 421 g/mol. The fourth-order valence-electron chi connectivity index (χ4n) is 3.15. The second kappa shape index (κ2) is 8.64. The molecule has 7 nitrogen and oxygen atoms in total. The molecule has 0 aliphatic carbocycles. The SMILES string of the molecule is C[Si](C)(C)CCOCn1ncc(N2CCC[C@H]2CC(=O)O)c(C(F)(F)F)c1=O. The summed E-state index contributed by atoms with van der Waals surface area (Å²) in [6, 6.07) is 0.222. The van der Waals surface area contributed by atoms with Crippen LogP contribution in [-0.2, 0) is 22.4 Å². The molecule has 0 bridgehead atoms. The number of nitrogens with zero attached hydrogens (tertiary/aromatic N) is 3. The van der Waals surface area contributed by atoms with Crippen molar-refractivity contribution in [2.75, 3.05) is 18.1 Å². The van der Waals surface area contributed by atoms with E-state index in [1.165, 1.54) is 4.90 Å². The fourth-order valence-corrected chi connectivity index (χ4v) is 3.91. The molecular weight excluding hydrogens is 395 g/mol. The molecule has 2 rings (SSSR count). The van der Waals surface area contributed by atoms with E-state index in [0.29, 0.717) is 24.1 Å². The summed E-state index contributed by atoms with van der Waals surface area (Å²) in [7, 11) is -1.37. The third-order valence-corrected chi connectivity index (χ3v) is 6.32. The number of carboxylic acid groups (broad SMARTS) is 1. The van der Waals surface area contributed by atoms with Gasteiger partial charge in [0.15, 0.2) is 0 Å². The standard InChI is InChI=1S/C17H26F3N3O4Si/c1-28(2,3)8-7-27-11-23-16(26)15(17(18,19)20)13(10-21-23)22-6-4-5-12(22)9-14(24)25/h10,12H,4-9,11H2,1-3H3,(H,24,25)/t12-/m0/s1. The Bertz CT molecular complexity index is 761. The van der Waals surface area contributed by atoms with E-state index >= 15 is 0 Å². The summed E-state index contributed by atoms with van der Waals surface area (Å²) in [6.45, 7) is 6.66. The Morgan fingerprint density at radius 1 is 1.39 bits per heavy atom. The predicted octanol–water partition coefficient (Wildman–Crippen LogP) is 3.02. The van der Waals surface area contributed by atoms with Gasteiger partial charge in [-0.15, -0.1) is 0 Å². The van der Waals surface area contributed by atoms with E-state index in [1.54, 1.807) is 0 Å². The molecule has 2 heterocycles. The number of carboxylic acids is 1. The van der Waals surface area contributed by atoms with E-state index in [-0.39, 0.29) is 25.4 Å². The summed E-state index contributed by atoms with van der Waals surface area (Å²) in [5, 5.41) is 12.8. The lowest BCUT2D eigenvalue weighted by atomic mass is 10.1. The van der Waals surface area contributed by atoms with Crippen molar-refractivity contribution in [1.29, 1.82) is 0 Å². The molecule has 1 saturated heterocycles. The number of aliphatic carboxylic acids is 1. The number of carbonyl (C=O) groups is 1. The van der Waals surface area contributed by atoms with E-state index in [1.807, 2.05) is 0 Å². The summed E-state index contributed by atoms with van der Waals surface area (Å²) in [6.07, 6.45) is -3.18. The van der Waals surface area contributed by atoms with Gasteiger partial charge in [0.25, 0.3) is 5.56 Å². The zero-order valence-electron chi connectivity index (χ0n) is 16.3. The van der Waals surface area contributed by atoms with Crippen molar-refractivity contribution in [3.8, 4) is 0 Å². The summed E-state index contributed by atoms with van der Waals surface area (Å²) in [5.74, 6) is -1.09.